The van der Waals surface area contributed by atoms with Crippen LogP contribution in [0.25, 0.3) is 0 Å². The molecule has 0 aromatic carbocycles. The number of hydrogen-bond donors (Lipinski definition) is 0. The van der Waals surface area contributed by atoms with E-state index in [1.54, 1.807) is 0 Å². The molecule has 0 aromatic heterocycles. The molecule has 9 heteroatoms. The zero-order valence-corrected chi connectivity index (χ0v) is 56.6. The Morgan fingerprint density at radius 3 is 0.952 bits per heavy atom. The van der Waals surface area contributed by atoms with Crippen molar-refractivity contribution in [2.75, 3.05) is 47.5 Å². The van der Waals surface area contributed by atoms with Gasteiger partial charge in [0, 0.05) is 12.8 Å². The van der Waals surface area contributed by atoms with Gasteiger partial charge in [0.25, 0.3) is 0 Å². The number of carbonyl (C=O) groups excluding carboxylic acids is 3. The first-order valence-electron chi connectivity index (χ1n) is 36.6. The Morgan fingerprint density at radius 2 is 0.643 bits per heavy atom. The molecule has 0 saturated carbocycles. The van der Waals surface area contributed by atoms with Crippen LogP contribution in [0, 0.1) is 0 Å². The summed E-state index contributed by atoms with van der Waals surface area (Å²) < 4.78 is 22.8. The number of quaternary nitrogens is 1. The summed E-state index contributed by atoms with van der Waals surface area (Å²) in [6.07, 6.45) is 81.1. The van der Waals surface area contributed by atoms with Gasteiger partial charge in [0.05, 0.1) is 40.3 Å². The number of esters is 2. The highest BCUT2D eigenvalue weighted by Gasteiger charge is 2.22. The number of likely N-dealkylation sites (N-methyl/N-ethyl adjacent to an activating group) is 1. The van der Waals surface area contributed by atoms with Crippen molar-refractivity contribution in [3.05, 3.63) is 36.5 Å². The van der Waals surface area contributed by atoms with Gasteiger partial charge in [-0.3, -0.25) is 9.59 Å². The number of rotatable bonds is 69. The highest BCUT2D eigenvalue weighted by molar-refractivity contribution is 5.70. The van der Waals surface area contributed by atoms with Crippen molar-refractivity contribution >= 4 is 17.9 Å². The third-order valence-corrected chi connectivity index (χ3v) is 16.6. The van der Waals surface area contributed by atoms with Crippen LogP contribution < -0.4 is 5.11 Å². The van der Waals surface area contributed by atoms with Gasteiger partial charge in [-0.1, -0.05) is 339 Å². The quantitative estimate of drug-likeness (QED) is 0.0195. The van der Waals surface area contributed by atoms with Crippen LogP contribution in [-0.2, 0) is 33.3 Å². The van der Waals surface area contributed by atoms with Gasteiger partial charge >= 0.3 is 11.9 Å². The highest BCUT2D eigenvalue weighted by atomic mass is 16.7. The molecule has 0 spiro atoms. The van der Waals surface area contributed by atoms with Crippen LogP contribution >= 0.6 is 0 Å². The number of aliphatic carboxylic acids is 1. The Labute approximate surface area is 521 Å². The second kappa shape index (κ2) is 66.5. The van der Waals surface area contributed by atoms with Gasteiger partial charge in [0.1, 0.15) is 13.2 Å². The minimum absolute atomic E-state index is 0.152. The molecule has 0 heterocycles. The summed E-state index contributed by atoms with van der Waals surface area (Å²) in [6.45, 7) is 4.80. The zero-order chi connectivity index (χ0) is 61.2. The van der Waals surface area contributed by atoms with E-state index < -0.39 is 24.3 Å². The maximum Gasteiger partial charge on any atom is 0.306 e. The van der Waals surface area contributed by atoms with Crippen LogP contribution in [0.4, 0.5) is 0 Å². The molecule has 0 radical (unpaired) electrons. The lowest BCUT2D eigenvalue weighted by molar-refractivity contribution is -0.870. The van der Waals surface area contributed by atoms with Gasteiger partial charge in [-0.15, -0.1) is 0 Å². The second-order valence-corrected chi connectivity index (χ2v) is 26.2. The molecule has 2 atom stereocenters. The molecule has 0 aliphatic carbocycles. The molecule has 0 aliphatic heterocycles. The number of carbonyl (C=O) groups is 3. The number of carboxylic acids is 1. The van der Waals surface area contributed by atoms with E-state index in [1.165, 1.54) is 289 Å². The topological polar surface area (TPSA) is 111 Å². The van der Waals surface area contributed by atoms with Crippen LogP contribution in [0.2, 0.25) is 0 Å². The number of unbranched alkanes of at least 4 members (excludes halogenated alkanes) is 48. The van der Waals surface area contributed by atoms with Gasteiger partial charge < -0.3 is 33.3 Å². The predicted molar refractivity (Wildman–Crippen MR) is 357 cm³/mol. The van der Waals surface area contributed by atoms with Gasteiger partial charge in [0.15, 0.2) is 12.4 Å². The molecular weight excluding hydrogens is 1040 g/mol. The van der Waals surface area contributed by atoms with Crippen LogP contribution in [-0.4, -0.2) is 82.3 Å². The Kier molecular flexibility index (Phi) is 64.5. The summed E-state index contributed by atoms with van der Waals surface area (Å²) in [7, 11) is 5.94. The zero-order valence-electron chi connectivity index (χ0n) is 56.6. The largest absolute Gasteiger partial charge is 0.545 e. The first kappa shape index (κ1) is 81.5. The molecule has 0 rings (SSSR count). The third kappa shape index (κ3) is 67.0. The molecule has 9 nitrogen and oxygen atoms in total. The number of carboxylic acid groups (broad SMARTS) is 1. The van der Waals surface area contributed by atoms with E-state index in [-0.39, 0.29) is 32.2 Å². The molecule has 0 bridgehead atoms. The summed E-state index contributed by atoms with van der Waals surface area (Å²) in [4.78, 5) is 37.4. The summed E-state index contributed by atoms with van der Waals surface area (Å²) in [5.41, 5.74) is 0. The molecule has 0 saturated heterocycles. The molecule has 0 aliphatic rings. The van der Waals surface area contributed by atoms with Crippen molar-refractivity contribution in [1.29, 1.82) is 0 Å². The Bertz CT molecular complexity index is 1470. The van der Waals surface area contributed by atoms with E-state index in [1.807, 2.05) is 21.1 Å². The van der Waals surface area contributed by atoms with Crippen molar-refractivity contribution in [2.45, 2.75) is 379 Å². The van der Waals surface area contributed by atoms with Crippen LogP contribution in [0.5, 0.6) is 0 Å². The summed E-state index contributed by atoms with van der Waals surface area (Å²) >= 11 is 0. The Balaban J connectivity index is 3.92. The SMILES string of the molecule is CCCCCCC/C=C\C/C=C\C/C=C\CCCCCCCCCCCCCCCCCCCCCCCCCCCCC(=O)OC(COC(=O)CCCCCCCCCCCCCCCCCCCC)COC(OCC[N+](C)(C)C)C(=O)[O-]. The van der Waals surface area contributed by atoms with Gasteiger partial charge in [-0.2, -0.15) is 0 Å². The van der Waals surface area contributed by atoms with Gasteiger partial charge in [-0.05, 0) is 51.4 Å². The first-order chi connectivity index (χ1) is 41.1. The fourth-order valence-corrected chi connectivity index (χ4v) is 11.0. The maximum atomic E-state index is 12.9. The normalized spacial score (nSPS) is 12.8. The van der Waals surface area contributed by atoms with Crippen LogP contribution in [0.3, 0.4) is 0 Å². The number of allylic oxidation sites excluding steroid dienone is 6. The van der Waals surface area contributed by atoms with Crippen molar-refractivity contribution in [1.82, 2.24) is 0 Å². The monoisotopic (exact) mass is 1180 g/mol. The van der Waals surface area contributed by atoms with Crippen molar-refractivity contribution in [3.8, 4) is 0 Å². The molecule has 0 aromatic rings. The minimum Gasteiger partial charge on any atom is -0.545 e. The molecular formula is C75H141NO8. The lowest BCUT2D eigenvalue weighted by Gasteiger charge is -2.26. The average Bonchev–Trinajstić information content (AvgIpc) is 3.52. The van der Waals surface area contributed by atoms with E-state index in [0.29, 0.717) is 17.4 Å². The first-order valence-corrected chi connectivity index (χ1v) is 36.6. The second-order valence-electron chi connectivity index (χ2n) is 26.2. The van der Waals surface area contributed by atoms with Crippen molar-refractivity contribution in [3.63, 3.8) is 0 Å². The number of hydrogen-bond acceptors (Lipinski definition) is 8. The van der Waals surface area contributed by atoms with E-state index in [2.05, 4.69) is 50.3 Å². The molecule has 2 unspecified atom stereocenters. The van der Waals surface area contributed by atoms with Gasteiger partial charge in [-0.25, -0.2) is 0 Å². The fourth-order valence-electron chi connectivity index (χ4n) is 11.0. The summed E-state index contributed by atoms with van der Waals surface area (Å²) in [5.74, 6) is -2.25. The lowest BCUT2D eigenvalue weighted by Crippen LogP contribution is -2.44. The maximum absolute atomic E-state index is 12.9. The van der Waals surface area contributed by atoms with E-state index in [4.69, 9.17) is 18.9 Å². The lowest BCUT2D eigenvalue weighted by atomic mass is 10.0. The van der Waals surface area contributed by atoms with E-state index in [0.717, 1.165) is 51.4 Å². The Morgan fingerprint density at radius 1 is 0.357 bits per heavy atom. The van der Waals surface area contributed by atoms with E-state index in [9.17, 15) is 19.5 Å². The fraction of sp³-hybridized carbons (Fsp3) is 0.880. The third-order valence-electron chi connectivity index (χ3n) is 16.6. The molecule has 84 heavy (non-hydrogen) atoms. The van der Waals surface area contributed by atoms with Crippen LogP contribution in [0.15, 0.2) is 36.5 Å². The number of ether oxygens (including phenoxy) is 4. The summed E-state index contributed by atoms with van der Waals surface area (Å²) in [6, 6.07) is 0. The Hall–Kier alpha value is -2.49. The predicted octanol–water partition coefficient (Wildman–Crippen LogP) is 21.4. The molecule has 494 valence electrons. The van der Waals surface area contributed by atoms with Crippen LogP contribution in [0.1, 0.15) is 367 Å². The number of nitrogens with zero attached hydrogens (tertiary/aromatic N) is 1. The van der Waals surface area contributed by atoms with Crippen molar-refractivity contribution < 1.29 is 42.9 Å². The van der Waals surface area contributed by atoms with Crippen molar-refractivity contribution in [2.24, 2.45) is 0 Å². The minimum atomic E-state index is -1.62. The summed E-state index contributed by atoms with van der Waals surface area (Å²) in [5, 5.41) is 11.8. The highest BCUT2D eigenvalue weighted by Crippen LogP contribution is 2.19. The van der Waals surface area contributed by atoms with Gasteiger partial charge in [0.2, 0.25) is 0 Å². The van der Waals surface area contributed by atoms with E-state index >= 15 is 0 Å². The average molecular weight is 1180 g/mol. The standard InChI is InChI=1S/C75H141NO8/c1-6-8-10-12-14-16-18-20-22-24-26-27-28-29-30-31-32-33-34-35-36-37-38-39-40-41-42-43-44-45-46-47-48-50-52-54-56-58-60-62-64-66-73(78)84-71(70-83-75(74(79)80)81-68-67-76(3,4)5)69-82-72(77)65-63-61-59-57-55-53-51-49-25-23-21-19-17-15-13-11-9-7-2/h18,20,24,26,28-29,71,75H,6-17,19,21-23,25,27,30-70H2,1-5H3/b20-18-,26-24-,29-28-. The smallest absolute Gasteiger partial charge is 0.306 e. The molecule has 0 N–H and O–H groups in total. The molecule has 0 fully saturated rings. The molecule has 0 amide bonds.